The average molecular weight is 373 g/mol. The van der Waals surface area contributed by atoms with Crippen molar-refractivity contribution in [1.82, 2.24) is 5.32 Å². The molecule has 8 nitrogen and oxygen atoms in total. The summed E-state index contributed by atoms with van der Waals surface area (Å²) < 4.78 is 10.2. The van der Waals surface area contributed by atoms with Crippen LogP contribution in [0.25, 0.3) is 6.08 Å². The number of benzene rings is 1. The van der Waals surface area contributed by atoms with Crippen molar-refractivity contribution in [2.75, 3.05) is 14.2 Å². The third-order valence-corrected chi connectivity index (χ3v) is 4.27. The summed E-state index contributed by atoms with van der Waals surface area (Å²) in [5.41, 5.74) is -0.492. The topological polar surface area (TPSA) is 114 Å². The molecular weight excluding hydrogens is 358 g/mol. The molecule has 0 aliphatic heterocycles. The van der Waals surface area contributed by atoms with E-state index < -0.39 is 10.8 Å². The number of nitro benzene ring substituents is 1. The maximum atomic E-state index is 12.2. The first-order chi connectivity index (χ1) is 12.5. The summed E-state index contributed by atoms with van der Waals surface area (Å²) in [5, 5.41) is 25.1. The van der Waals surface area contributed by atoms with Gasteiger partial charge in [0.25, 0.3) is 11.6 Å². The lowest BCUT2D eigenvalue weighted by Crippen LogP contribution is -2.23. The monoisotopic (exact) mass is 373 g/mol. The molecule has 9 heteroatoms. The molecule has 0 unspecified atom stereocenters. The predicted molar refractivity (Wildman–Crippen MR) is 96.0 cm³/mol. The number of nitrogens with one attached hydrogen (secondary N) is 1. The van der Waals surface area contributed by atoms with Crippen LogP contribution in [-0.2, 0) is 11.3 Å². The van der Waals surface area contributed by atoms with Gasteiger partial charge in [0.15, 0.2) is 11.5 Å². The number of nitrogens with zero attached hydrogens (tertiary/aromatic N) is 2. The molecule has 26 heavy (non-hydrogen) atoms. The van der Waals surface area contributed by atoms with Gasteiger partial charge in [0.2, 0.25) is 0 Å². The number of nitriles is 1. The van der Waals surface area contributed by atoms with Gasteiger partial charge in [-0.2, -0.15) is 5.26 Å². The molecule has 2 aromatic rings. The normalized spacial score (nSPS) is 10.7. The highest BCUT2D eigenvalue weighted by Crippen LogP contribution is 2.35. The second-order valence-corrected chi connectivity index (χ2v) is 5.99. The minimum absolute atomic E-state index is 0.0653. The summed E-state index contributed by atoms with van der Waals surface area (Å²) in [7, 11) is 2.74. The Bertz CT molecular complexity index is 885. The van der Waals surface area contributed by atoms with Crippen LogP contribution in [0.15, 0.2) is 35.2 Å². The molecule has 1 aromatic carbocycles. The van der Waals surface area contributed by atoms with Crippen LogP contribution in [0, 0.1) is 21.4 Å². The lowest BCUT2D eigenvalue weighted by molar-refractivity contribution is -0.385. The fourth-order valence-electron chi connectivity index (χ4n) is 2.14. The SMILES string of the molecule is COc1cc(/C=C(\C#N)C(=O)NCc2cccs2)c([N+](=O)[O-])cc1OC. The van der Waals surface area contributed by atoms with Crippen LogP contribution in [0.4, 0.5) is 5.69 Å². The van der Waals surface area contributed by atoms with Gasteiger partial charge in [-0.3, -0.25) is 14.9 Å². The fraction of sp³-hybridized carbons (Fsp3) is 0.176. The van der Waals surface area contributed by atoms with E-state index in [9.17, 15) is 20.2 Å². The molecule has 2 rings (SSSR count). The number of carbonyl (C=O) groups is 1. The molecule has 134 valence electrons. The Morgan fingerprint density at radius 2 is 2.08 bits per heavy atom. The average Bonchev–Trinajstić information content (AvgIpc) is 3.16. The van der Waals surface area contributed by atoms with E-state index in [2.05, 4.69) is 5.32 Å². The minimum atomic E-state index is -0.620. The maximum absolute atomic E-state index is 12.2. The van der Waals surface area contributed by atoms with E-state index in [0.29, 0.717) is 0 Å². The Morgan fingerprint density at radius 1 is 1.38 bits per heavy atom. The molecule has 0 atom stereocenters. The molecule has 0 spiro atoms. The highest BCUT2D eigenvalue weighted by atomic mass is 32.1. The Labute approximate surface area is 153 Å². The number of amides is 1. The van der Waals surface area contributed by atoms with E-state index in [1.807, 2.05) is 17.5 Å². The highest BCUT2D eigenvalue weighted by molar-refractivity contribution is 7.09. The summed E-state index contributed by atoms with van der Waals surface area (Å²) in [6.45, 7) is 0.267. The fourth-order valence-corrected chi connectivity index (χ4v) is 2.78. The smallest absolute Gasteiger partial charge is 0.280 e. The van der Waals surface area contributed by atoms with Crippen molar-refractivity contribution in [3.8, 4) is 17.6 Å². The summed E-state index contributed by atoms with van der Waals surface area (Å²) >= 11 is 1.47. The van der Waals surface area contributed by atoms with Crippen LogP contribution in [0.2, 0.25) is 0 Å². The van der Waals surface area contributed by atoms with E-state index in [4.69, 9.17) is 9.47 Å². The molecule has 1 N–H and O–H groups in total. The highest BCUT2D eigenvalue weighted by Gasteiger charge is 2.20. The van der Waals surface area contributed by atoms with Crippen molar-refractivity contribution < 1.29 is 19.2 Å². The van der Waals surface area contributed by atoms with Crippen LogP contribution in [0.1, 0.15) is 10.4 Å². The zero-order chi connectivity index (χ0) is 19.1. The molecule has 0 saturated carbocycles. The number of hydrogen-bond donors (Lipinski definition) is 1. The van der Waals surface area contributed by atoms with E-state index in [0.717, 1.165) is 11.0 Å². The van der Waals surface area contributed by atoms with E-state index in [1.54, 1.807) is 6.07 Å². The van der Waals surface area contributed by atoms with Gasteiger partial charge in [0.1, 0.15) is 11.6 Å². The van der Waals surface area contributed by atoms with E-state index in [-0.39, 0.29) is 34.9 Å². The van der Waals surface area contributed by atoms with E-state index >= 15 is 0 Å². The van der Waals surface area contributed by atoms with Gasteiger partial charge >= 0.3 is 0 Å². The Kier molecular flexibility index (Phi) is 6.30. The van der Waals surface area contributed by atoms with Gasteiger partial charge in [0.05, 0.1) is 37.3 Å². The first kappa shape index (κ1) is 19.0. The quantitative estimate of drug-likeness (QED) is 0.345. The molecule has 1 amide bonds. The summed E-state index contributed by atoms with van der Waals surface area (Å²) in [6.07, 6.45) is 1.16. The van der Waals surface area contributed by atoms with Gasteiger partial charge in [-0.15, -0.1) is 11.3 Å². The van der Waals surface area contributed by atoms with Crippen molar-refractivity contribution in [3.05, 3.63) is 55.8 Å². The largest absolute Gasteiger partial charge is 0.493 e. The van der Waals surface area contributed by atoms with Gasteiger partial charge in [-0.25, -0.2) is 0 Å². The van der Waals surface area contributed by atoms with Crippen LogP contribution in [0.5, 0.6) is 11.5 Å². The summed E-state index contributed by atoms with van der Waals surface area (Å²) in [4.78, 5) is 23.8. The molecule has 0 bridgehead atoms. The van der Waals surface area contributed by atoms with Crippen molar-refractivity contribution in [1.29, 1.82) is 5.26 Å². The van der Waals surface area contributed by atoms with Crippen molar-refractivity contribution >= 4 is 29.0 Å². The Balaban J connectivity index is 2.36. The van der Waals surface area contributed by atoms with Gasteiger partial charge in [-0.1, -0.05) is 6.07 Å². The maximum Gasteiger partial charge on any atom is 0.280 e. The number of carbonyl (C=O) groups excluding carboxylic acids is 1. The first-order valence-corrected chi connectivity index (χ1v) is 8.21. The predicted octanol–water partition coefficient (Wildman–Crippen LogP) is 2.90. The Morgan fingerprint density at radius 3 is 2.62 bits per heavy atom. The first-order valence-electron chi connectivity index (χ1n) is 7.33. The molecule has 1 aromatic heterocycles. The Hall–Kier alpha value is -3.38. The zero-order valence-corrected chi connectivity index (χ0v) is 14.8. The van der Waals surface area contributed by atoms with Crippen LogP contribution in [-0.4, -0.2) is 25.1 Å². The number of thiophene rings is 1. The number of rotatable bonds is 7. The third kappa shape index (κ3) is 4.37. The van der Waals surface area contributed by atoms with E-state index in [1.165, 1.54) is 37.7 Å². The van der Waals surface area contributed by atoms with Crippen LogP contribution >= 0.6 is 11.3 Å². The van der Waals surface area contributed by atoms with Gasteiger partial charge in [-0.05, 0) is 23.6 Å². The molecule has 0 saturated heterocycles. The molecule has 1 heterocycles. The molecule has 0 aliphatic carbocycles. The molecule has 0 fully saturated rings. The number of hydrogen-bond acceptors (Lipinski definition) is 7. The number of ether oxygens (including phenoxy) is 2. The van der Waals surface area contributed by atoms with Crippen molar-refractivity contribution in [3.63, 3.8) is 0 Å². The van der Waals surface area contributed by atoms with Crippen molar-refractivity contribution in [2.24, 2.45) is 0 Å². The summed E-state index contributed by atoms with van der Waals surface area (Å²) in [6, 6.07) is 8.00. The molecular formula is C17H15N3O5S. The molecule has 0 aliphatic rings. The minimum Gasteiger partial charge on any atom is -0.493 e. The number of methoxy groups -OCH3 is 2. The van der Waals surface area contributed by atoms with Gasteiger partial charge < -0.3 is 14.8 Å². The van der Waals surface area contributed by atoms with Crippen molar-refractivity contribution in [2.45, 2.75) is 6.54 Å². The lowest BCUT2D eigenvalue weighted by Gasteiger charge is -2.09. The second-order valence-electron chi connectivity index (χ2n) is 4.95. The summed E-state index contributed by atoms with van der Waals surface area (Å²) in [5.74, 6) is -0.192. The second kappa shape index (κ2) is 8.64. The van der Waals surface area contributed by atoms with Crippen LogP contribution in [0.3, 0.4) is 0 Å². The van der Waals surface area contributed by atoms with Gasteiger partial charge in [0, 0.05) is 4.88 Å². The molecule has 0 radical (unpaired) electrons. The standard InChI is InChI=1S/C17H15N3O5S/c1-24-15-7-11(14(20(22)23)8-16(15)25-2)6-12(9-18)17(21)19-10-13-4-3-5-26-13/h3-8H,10H2,1-2H3,(H,19,21)/b12-6+. The van der Waals surface area contributed by atoms with Crippen LogP contribution < -0.4 is 14.8 Å². The zero-order valence-electron chi connectivity index (χ0n) is 14.0. The third-order valence-electron chi connectivity index (χ3n) is 3.40. The number of nitro groups is 1. The lowest BCUT2D eigenvalue weighted by atomic mass is 10.1.